The van der Waals surface area contributed by atoms with Crippen molar-refractivity contribution in [2.45, 2.75) is 24.7 Å². The summed E-state index contributed by atoms with van der Waals surface area (Å²) in [6.07, 6.45) is -6.41. The molecule has 0 radical (unpaired) electrons. The largest absolute Gasteiger partial charge is 0.508 e. The summed E-state index contributed by atoms with van der Waals surface area (Å²) < 4.78 is 36.3. The SMILES string of the molecule is N[C@H](C[C@@H](O)c1ccc(O)cc1)C(F)(F)F. The van der Waals surface area contributed by atoms with Crippen molar-refractivity contribution in [3.8, 4) is 5.75 Å². The van der Waals surface area contributed by atoms with Crippen LogP contribution in [0.4, 0.5) is 13.2 Å². The van der Waals surface area contributed by atoms with Crippen LogP contribution >= 0.6 is 0 Å². The average molecular weight is 235 g/mol. The van der Waals surface area contributed by atoms with Gasteiger partial charge in [0.15, 0.2) is 0 Å². The molecule has 0 bridgehead atoms. The minimum atomic E-state index is -4.52. The van der Waals surface area contributed by atoms with Crippen LogP contribution in [-0.4, -0.2) is 22.4 Å². The molecule has 6 heteroatoms. The third kappa shape index (κ3) is 3.39. The zero-order chi connectivity index (χ0) is 12.3. The van der Waals surface area contributed by atoms with Gasteiger partial charge >= 0.3 is 6.18 Å². The quantitative estimate of drug-likeness (QED) is 0.747. The Morgan fingerprint density at radius 1 is 1.19 bits per heavy atom. The van der Waals surface area contributed by atoms with Gasteiger partial charge in [-0.15, -0.1) is 0 Å². The third-order valence-electron chi connectivity index (χ3n) is 2.18. The van der Waals surface area contributed by atoms with Crippen molar-refractivity contribution in [3.05, 3.63) is 29.8 Å². The summed E-state index contributed by atoms with van der Waals surface area (Å²) in [7, 11) is 0. The Bertz CT molecular complexity index is 337. The first-order valence-electron chi connectivity index (χ1n) is 4.60. The molecule has 0 heterocycles. The minimum absolute atomic E-state index is 0.0175. The van der Waals surface area contributed by atoms with Crippen LogP contribution in [-0.2, 0) is 0 Å². The smallest absolute Gasteiger partial charge is 0.403 e. The molecule has 0 aliphatic carbocycles. The van der Waals surface area contributed by atoms with Crippen molar-refractivity contribution < 1.29 is 23.4 Å². The molecule has 1 aromatic rings. The van der Waals surface area contributed by atoms with E-state index in [0.717, 1.165) is 0 Å². The topological polar surface area (TPSA) is 66.5 Å². The third-order valence-corrected chi connectivity index (χ3v) is 2.18. The number of aromatic hydroxyl groups is 1. The maximum Gasteiger partial charge on any atom is 0.403 e. The number of benzene rings is 1. The van der Waals surface area contributed by atoms with E-state index in [-0.39, 0.29) is 11.3 Å². The van der Waals surface area contributed by atoms with E-state index in [9.17, 15) is 18.3 Å². The van der Waals surface area contributed by atoms with Crippen molar-refractivity contribution in [2.24, 2.45) is 5.73 Å². The minimum Gasteiger partial charge on any atom is -0.508 e. The molecule has 0 aromatic heterocycles. The highest BCUT2D eigenvalue weighted by Crippen LogP contribution is 2.27. The Morgan fingerprint density at radius 2 is 1.69 bits per heavy atom. The Morgan fingerprint density at radius 3 is 2.12 bits per heavy atom. The monoisotopic (exact) mass is 235 g/mol. The number of aliphatic hydroxyl groups is 1. The van der Waals surface area contributed by atoms with Crippen molar-refractivity contribution in [1.29, 1.82) is 0 Å². The van der Waals surface area contributed by atoms with Crippen LogP contribution in [0.1, 0.15) is 18.1 Å². The first-order valence-corrected chi connectivity index (χ1v) is 4.60. The molecular weight excluding hydrogens is 223 g/mol. The Kier molecular flexibility index (Phi) is 3.77. The van der Waals surface area contributed by atoms with Crippen LogP contribution in [0.2, 0.25) is 0 Å². The molecule has 16 heavy (non-hydrogen) atoms. The maximum atomic E-state index is 12.1. The molecule has 90 valence electrons. The van der Waals surface area contributed by atoms with Gasteiger partial charge in [-0.25, -0.2) is 0 Å². The zero-order valence-electron chi connectivity index (χ0n) is 8.28. The molecule has 0 fully saturated rings. The lowest BCUT2D eigenvalue weighted by molar-refractivity contribution is -0.153. The van der Waals surface area contributed by atoms with Crippen molar-refractivity contribution in [1.82, 2.24) is 0 Å². The van der Waals surface area contributed by atoms with Gasteiger partial charge < -0.3 is 15.9 Å². The number of halogens is 3. The van der Waals surface area contributed by atoms with E-state index in [1.807, 2.05) is 0 Å². The van der Waals surface area contributed by atoms with E-state index >= 15 is 0 Å². The number of phenols is 1. The van der Waals surface area contributed by atoms with Gasteiger partial charge in [0.2, 0.25) is 0 Å². The lowest BCUT2D eigenvalue weighted by atomic mass is 10.0. The summed E-state index contributed by atoms with van der Waals surface area (Å²) in [5, 5.41) is 18.4. The summed E-state index contributed by atoms with van der Waals surface area (Å²) in [5.74, 6) is -0.0175. The fourth-order valence-electron chi connectivity index (χ4n) is 1.21. The van der Waals surface area contributed by atoms with E-state index in [1.165, 1.54) is 24.3 Å². The molecular formula is C10H12F3NO2. The Balaban J connectivity index is 2.65. The number of nitrogens with two attached hydrogens (primary N) is 1. The second-order valence-corrected chi connectivity index (χ2v) is 3.49. The number of alkyl halides is 3. The summed E-state index contributed by atoms with van der Waals surface area (Å²) in [6, 6.07) is 3.22. The van der Waals surface area contributed by atoms with Crippen molar-refractivity contribution in [2.75, 3.05) is 0 Å². The van der Waals surface area contributed by atoms with Gasteiger partial charge in [-0.1, -0.05) is 12.1 Å². The van der Waals surface area contributed by atoms with Crippen LogP contribution in [0.25, 0.3) is 0 Å². The fraction of sp³-hybridized carbons (Fsp3) is 0.400. The summed E-state index contributed by atoms with van der Waals surface area (Å²) in [6.45, 7) is 0. The standard InChI is InChI=1S/C10H12F3NO2/c11-10(12,13)9(14)5-8(16)6-1-3-7(15)4-2-6/h1-4,8-9,15-16H,5,14H2/t8-,9-/m1/s1. The second-order valence-electron chi connectivity index (χ2n) is 3.49. The molecule has 0 saturated carbocycles. The fourth-order valence-corrected chi connectivity index (χ4v) is 1.21. The van der Waals surface area contributed by atoms with Gasteiger partial charge in [-0.2, -0.15) is 13.2 Å². The van der Waals surface area contributed by atoms with Gasteiger partial charge in [0.05, 0.1) is 6.10 Å². The van der Waals surface area contributed by atoms with Crippen LogP contribution < -0.4 is 5.73 Å². The van der Waals surface area contributed by atoms with E-state index in [1.54, 1.807) is 0 Å². The number of hydrogen-bond acceptors (Lipinski definition) is 3. The molecule has 0 amide bonds. The van der Waals surface area contributed by atoms with E-state index in [4.69, 9.17) is 10.8 Å². The van der Waals surface area contributed by atoms with Crippen LogP contribution in [0, 0.1) is 0 Å². The molecule has 4 N–H and O–H groups in total. The van der Waals surface area contributed by atoms with Crippen LogP contribution in [0.3, 0.4) is 0 Å². The summed E-state index contributed by atoms with van der Waals surface area (Å²) in [4.78, 5) is 0. The molecule has 1 rings (SSSR count). The van der Waals surface area contributed by atoms with Gasteiger partial charge in [-0.3, -0.25) is 0 Å². The van der Waals surface area contributed by atoms with Gasteiger partial charge in [-0.05, 0) is 17.7 Å². The van der Waals surface area contributed by atoms with Crippen LogP contribution in [0.15, 0.2) is 24.3 Å². The highest BCUT2D eigenvalue weighted by atomic mass is 19.4. The lowest BCUT2D eigenvalue weighted by Gasteiger charge is -2.19. The molecule has 0 aliphatic rings. The molecule has 0 aliphatic heterocycles. The van der Waals surface area contributed by atoms with E-state index < -0.39 is 24.7 Å². The zero-order valence-corrected chi connectivity index (χ0v) is 8.28. The first-order chi connectivity index (χ1) is 7.30. The van der Waals surface area contributed by atoms with E-state index in [2.05, 4.69) is 0 Å². The molecule has 2 atom stereocenters. The first kappa shape index (κ1) is 12.8. The molecule has 0 unspecified atom stereocenters. The molecule has 0 spiro atoms. The Labute approximate surface area is 90.3 Å². The predicted octanol–water partition coefficient (Wildman–Crippen LogP) is 1.71. The lowest BCUT2D eigenvalue weighted by Crippen LogP contribution is -2.38. The number of rotatable bonds is 3. The maximum absolute atomic E-state index is 12.1. The van der Waals surface area contributed by atoms with Gasteiger partial charge in [0.25, 0.3) is 0 Å². The normalized spacial score (nSPS) is 15.8. The number of phenolic OH excluding ortho intramolecular Hbond substituents is 1. The number of hydrogen-bond donors (Lipinski definition) is 3. The van der Waals surface area contributed by atoms with E-state index in [0.29, 0.717) is 0 Å². The van der Waals surface area contributed by atoms with Crippen molar-refractivity contribution >= 4 is 0 Å². The molecule has 1 aromatic carbocycles. The van der Waals surface area contributed by atoms with Gasteiger partial charge in [0.1, 0.15) is 11.8 Å². The molecule has 3 nitrogen and oxygen atoms in total. The predicted molar refractivity (Wildman–Crippen MR) is 51.7 cm³/mol. The van der Waals surface area contributed by atoms with Crippen LogP contribution in [0.5, 0.6) is 5.75 Å². The van der Waals surface area contributed by atoms with Crippen molar-refractivity contribution in [3.63, 3.8) is 0 Å². The Hall–Kier alpha value is -1.27. The molecule has 0 saturated heterocycles. The van der Waals surface area contributed by atoms with Gasteiger partial charge in [0, 0.05) is 6.42 Å². The highest BCUT2D eigenvalue weighted by Gasteiger charge is 2.37. The number of aliphatic hydroxyl groups excluding tert-OH is 1. The highest BCUT2D eigenvalue weighted by molar-refractivity contribution is 5.27. The average Bonchev–Trinajstić information content (AvgIpc) is 2.17. The second kappa shape index (κ2) is 4.71. The summed E-state index contributed by atoms with van der Waals surface area (Å²) >= 11 is 0. The summed E-state index contributed by atoms with van der Waals surface area (Å²) in [5.41, 5.74) is 5.17.